The minimum atomic E-state index is -1.99. The van der Waals surface area contributed by atoms with Crippen LogP contribution in [0.3, 0.4) is 0 Å². The summed E-state index contributed by atoms with van der Waals surface area (Å²) in [5.41, 5.74) is 1.15. The highest BCUT2D eigenvalue weighted by Gasteiger charge is 2.63. The summed E-state index contributed by atoms with van der Waals surface area (Å²) in [4.78, 5) is 51.2. The standard InChI is InChI=1S/C38H36O16/c1-49-37(48)38-17-24(18-50-33(45)11-5-21-2-8-26(39)29(42)14-21)25(19-51-34(46)12-6-22-3-9-27(40)30(43)15-22)36(54-38)32(53-38)20-52-35(47)13-7-23-4-10-28(41)31(44)16-23/h2-16,24-25,32,36,39-44H,17-20H2,1H3/b11-5+,12-6+,13-7+. The van der Waals surface area contributed by atoms with Gasteiger partial charge in [-0.2, -0.15) is 0 Å². The van der Waals surface area contributed by atoms with Crippen LogP contribution in [0, 0.1) is 11.8 Å². The smallest absolute Gasteiger partial charge is 0.366 e. The molecule has 5 atom stereocenters. The Morgan fingerprint density at radius 3 is 1.48 bits per heavy atom. The van der Waals surface area contributed by atoms with Gasteiger partial charge < -0.3 is 59.1 Å². The second-order valence-corrected chi connectivity index (χ2v) is 12.2. The van der Waals surface area contributed by atoms with Crippen molar-refractivity contribution in [3.8, 4) is 34.5 Å². The second-order valence-electron chi connectivity index (χ2n) is 12.2. The van der Waals surface area contributed by atoms with Gasteiger partial charge in [0.05, 0.1) is 26.4 Å². The molecule has 2 aliphatic heterocycles. The average Bonchev–Trinajstić information content (AvgIpc) is 3.46. The van der Waals surface area contributed by atoms with Gasteiger partial charge in [-0.25, -0.2) is 19.2 Å². The van der Waals surface area contributed by atoms with Crippen molar-refractivity contribution >= 4 is 42.1 Å². The van der Waals surface area contributed by atoms with E-state index in [0.29, 0.717) is 16.7 Å². The summed E-state index contributed by atoms with van der Waals surface area (Å²) in [6, 6.07) is 11.8. The van der Waals surface area contributed by atoms with Crippen LogP contribution >= 0.6 is 0 Å². The fourth-order valence-corrected chi connectivity index (χ4v) is 5.84. The molecule has 5 unspecified atom stereocenters. The predicted octanol–water partition coefficient (Wildman–Crippen LogP) is 3.28. The molecule has 5 rings (SSSR count). The van der Waals surface area contributed by atoms with Crippen molar-refractivity contribution < 1.29 is 78.2 Å². The molecule has 3 aromatic rings. The Balaban J connectivity index is 1.32. The van der Waals surface area contributed by atoms with Crippen molar-refractivity contribution in [1.29, 1.82) is 0 Å². The highest BCUT2D eigenvalue weighted by molar-refractivity contribution is 5.88. The van der Waals surface area contributed by atoms with Gasteiger partial charge in [0.2, 0.25) is 0 Å². The SMILES string of the molecule is COC(=O)C12CC(COC(=O)/C=C/c3ccc(O)c(O)c3)C(COC(=O)/C=C/c3ccc(O)c(O)c3)C(O1)C(COC(=O)/C=C/c1ccc(O)c(O)c1)O2. The summed E-state index contributed by atoms with van der Waals surface area (Å²) in [5.74, 6) is -9.08. The summed E-state index contributed by atoms with van der Waals surface area (Å²) >= 11 is 0. The molecule has 3 aromatic carbocycles. The fourth-order valence-electron chi connectivity index (χ4n) is 5.84. The summed E-state index contributed by atoms with van der Waals surface area (Å²) in [6.07, 6.45) is 4.88. The van der Waals surface area contributed by atoms with Crippen molar-refractivity contribution in [2.24, 2.45) is 11.8 Å². The first-order valence-corrected chi connectivity index (χ1v) is 16.3. The van der Waals surface area contributed by atoms with Gasteiger partial charge in [-0.1, -0.05) is 18.2 Å². The van der Waals surface area contributed by atoms with E-state index in [1.807, 2.05) is 0 Å². The quantitative estimate of drug-likeness (QED) is 0.0636. The summed E-state index contributed by atoms with van der Waals surface area (Å²) in [6.45, 7) is -1.09. The van der Waals surface area contributed by atoms with E-state index >= 15 is 0 Å². The third-order valence-electron chi connectivity index (χ3n) is 8.57. The number of hydrogen-bond donors (Lipinski definition) is 6. The van der Waals surface area contributed by atoms with E-state index in [1.54, 1.807) is 0 Å². The maximum atomic E-state index is 13.1. The lowest BCUT2D eigenvalue weighted by molar-refractivity contribution is -0.238. The molecule has 2 aliphatic rings. The number of hydrogen-bond acceptors (Lipinski definition) is 16. The van der Waals surface area contributed by atoms with Gasteiger partial charge >= 0.3 is 23.9 Å². The molecule has 2 fully saturated rings. The minimum absolute atomic E-state index is 0.224. The van der Waals surface area contributed by atoms with Gasteiger partial charge in [0, 0.05) is 36.5 Å². The lowest BCUT2D eigenvalue weighted by Gasteiger charge is -2.39. The second kappa shape index (κ2) is 16.9. The zero-order valence-corrected chi connectivity index (χ0v) is 28.6. The Bertz CT molecular complexity index is 1980. The van der Waals surface area contributed by atoms with Crippen LogP contribution in [0.4, 0.5) is 0 Å². The molecule has 0 aromatic heterocycles. The van der Waals surface area contributed by atoms with Crippen molar-refractivity contribution in [2.75, 3.05) is 26.9 Å². The average molecular weight is 749 g/mol. The summed E-state index contributed by atoms with van der Waals surface area (Å²) < 4.78 is 33.5. The molecular formula is C38H36O16. The Morgan fingerprint density at radius 1 is 0.630 bits per heavy atom. The Kier molecular flexibility index (Phi) is 12.1. The number of phenolic OH excluding ortho intramolecular Hbond substituents is 6. The third-order valence-corrected chi connectivity index (χ3v) is 8.57. The lowest BCUT2D eigenvalue weighted by atomic mass is 9.80. The van der Waals surface area contributed by atoms with Crippen LogP contribution < -0.4 is 0 Å². The van der Waals surface area contributed by atoms with Gasteiger partial charge in [0.1, 0.15) is 12.7 Å². The van der Waals surface area contributed by atoms with Crippen molar-refractivity contribution in [3.05, 3.63) is 89.5 Å². The number of benzene rings is 3. The van der Waals surface area contributed by atoms with E-state index in [-0.39, 0.29) is 36.9 Å². The van der Waals surface area contributed by atoms with Crippen molar-refractivity contribution in [1.82, 2.24) is 0 Å². The lowest BCUT2D eigenvalue weighted by Crippen LogP contribution is -2.51. The molecule has 16 heteroatoms. The van der Waals surface area contributed by atoms with Crippen LogP contribution in [0.15, 0.2) is 72.8 Å². The molecule has 0 saturated carbocycles. The number of carbonyl (C=O) groups is 4. The molecular weight excluding hydrogens is 712 g/mol. The maximum absolute atomic E-state index is 13.1. The number of methoxy groups -OCH3 is 1. The van der Waals surface area contributed by atoms with E-state index < -0.39 is 77.6 Å². The topological polar surface area (TPSA) is 245 Å². The number of fused-ring (bicyclic) bond motifs is 2. The van der Waals surface area contributed by atoms with Crippen LogP contribution in [-0.4, -0.2) is 99.4 Å². The first-order chi connectivity index (χ1) is 25.8. The van der Waals surface area contributed by atoms with Gasteiger partial charge in [-0.15, -0.1) is 0 Å². The number of carbonyl (C=O) groups excluding carboxylic acids is 4. The van der Waals surface area contributed by atoms with E-state index in [4.69, 9.17) is 28.4 Å². The number of rotatable bonds is 13. The zero-order valence-electron chi connectivity index (χ0n) is 28.6. The van der Waals surface area contributed by atoms with Gasteiger partial charge in [0.15, 0.2) is 34.5 Å². The molecule has 2 saturated heterocycles. The third kappa shape index (κ3) is 9.47. The molecule has 0 spiro atoms. The molecule has 2 bridgehead atoms. The van der Waals surface area contributed by atoms with Gasteiger partial charge in [0.25, 0.3) is 5.79 Å². The number of phenols is 6. The van der Waals surface area contributed by atoms with Crippen molar-refractivity contribution in [3.63, 3.8) is 0 Å². The van der Waals surface area contributed by atoms with E-state index in [1.165, 1.54) is 72.8 Å². The zero-order chi connectivity index (χ0) is 39.0. The maximum Gasteiger partial charge on any atom is 0.366 e. The Morgan fingerprint density at radius 2 is 1.06 bits per heavy atom. The molecule has 2 heterocycles. The number of esters is 4. The number of ether oxygens (including phenoxy) is 6. The minimum Gasteiger partial charge on any atom is -0.504 e. The van der Waals surface area contributed by atoms with Crippen LogP contribution in [0.5, 0.6) is 34.5 Å². The van der Waals surface area contributed by atoms with Crippen LogP contribution in [-0.2, 0) is 47.6 Å². The number of aromatic hydroxyl groups is 6. The normalized spacial score (nSPS) is 22.0. The molecule has 284 valence electrons. The summed E-state index contributed by atoms with van der Waals surface area (Å²) in [5, 5.41) is 57.8. The van der Waals surface area contributed by atoms with Crippen molar-refractivity contribution in [2.45, 2.75) is 24.4 Å². The van der Waals surface area contributed by atoms with Crippen LogP contribution in [0.25, 0.3) is 18.2 Å². The van der Waals surface area contributed by atoms with Gasteiger partial charge in [-0.3, -0.25) is 0 Å². The highest BCUT2D eigenvalue weighted by atomic mass is 16.8. The first-order valence-electron chi connectivity index (χ1n) is 16.3. The fraction of sp³-hybridized carbons (Fsp3) is 0.263. The van der Waals surface area contributed by atoms with E-state index in [9.17, 15) is 49.8 Å². The van der Waals surface area contributed by atoms with E-state index in [2.05, 4.69) is 0 Å². The highest BCUT2D eigenvalue weighted by Crippen LogP contribution is 2.47. The molecule has 0 aliphatic carbocycles. The van der Waals surface area contributed by atoms with Crippen LogP contribution in [0.2, 0.25) is 0 Å². The molecule has 54 heavy (non-hydrogen) atoms. The summed E-state index contributed by atoms with van der Waals surface area (Å²) in [7, 11) is 1.12. The molecule has 0 radical (unpaired) electrons. The molecule has 16 nitrogen and oxygen atoms in total. The van der Waals surface area contributed by atoms with Crippen LogP contribution in [0.1, 0.15) is 23.1 Å². The molecule has 6 N–H and O–H groups in total. The molecule has 0 amide bonds. The monoisotopic (exact) mass is 748 g/mol. The predicted molar refractivity (Wildman–Crippen MR) is 185 cm³/mol. The Labute approximate surface area is 307 Å². The Hall–Kier alpha value is -6.52. The van der Waals surface area contributed by atoms with Gasteiger partial charge in [-0.05, 0) is 71.3 Å². The van der Waals surface area contributed by atoms with E-state index in [0.717, 1.165) is 25.3 Å². The largest absolute Gasteiger partial charge is 0.504 e. The first kappa shape index (κ1) is 38.7.